The quantitative estimate of drug-likeness (QED) is 0.759. The summed E-state index contributed by atoms with van der Waals surface area (Å²) in [5.74, 6) is 1.10. The van der Waals surface area contributed by atoms with Gasteiger partial charge in [0.05, 0.1) is 18.2 Å². The van der Waals surface area contributed by atoms with Crippen LogP contribution in [0.1, 0.15) is 50.4 Å². The van der Waals surface area contributed by atoms with Crippen LogP contribution in [0.4, 0.5) is 0 Å². The Morgan fingerprint density at radius 2 is 2.05 bits per heavy atom. The second-order valence-corrected chi connectivity index (χ2v) is 5.86. The van der Waals surface area contributed by atoms with Crippen LogP contribution in [-0.2, 0) is 0 Å². The first-order valence-electron chi connectivity index (χ1n) is 7.34. The summed E-state index contributed by atoms with van der Waals surface area (Å²) in [6, 6.07) is 3.63. The van der Waals surface area contributed by atoms with E-state index >= 15 is 0 Å². The minimum Gasteiger partial charge on any atom is -0.493 e. The van der Waals surface area contributed by atoms with Crippen molar-refractivity contribution in [3.8, 4) is 11.5 Å². The minimum atomic E-state index is -0.100. The molecule has 1 amide bonds. The molecule has 0 heterocycles. The Bertz CT molecular complexity index is 477. The lowest BCUT2D eigenvalue weighted by atomic mass is 10.1. The Kier molecular flexibility index (Phi) is 7.57. The average Bonchev–Trinajstić information content (AvgIpc) is 2.45. The summed E-state index contributed by atoms with van der Waals surface area (Å²) in [6.45, 7) is 6.75. The summed E-state index contributed by atoms with van der Waals surface area (Å²) in [4.78, 5) is 12.2. The standard InChI is InChI=1S/C16H24BrNO3/c1-5-7-11(3)18-16(19)12-9-13(17)15(21-8-6-2)14(10-12)20-4/h9-11H,5-8H2,1-4H3,(H,18,19). The van der Waals surface area contributed by atoms with E-state index in [1.54, 1.807) is 19.2 Å². The Hall–Kier alpha value is -1.23. The third-order valence-electron chi connectivity index (χ3n) is 3.04. The van der Waals surface area contributed by atoms with E-state index in [9.17, 15) is 4.79 Å². The van der Waals surface area contributed by atoms with Gasteiger partial charge in [-0.2, -0.15) is 0 Å². The third-order valence-corrected chi connectivity index (χ3v) is 3.63. The number of hydrogen-bond donors (Lipinski definition) is 1. The number of carbonyl (C=O) groups excluding carboxylic acids is 1. The molecule has 21 heavy (non-hydrogen) atoms. The maximum atomic E-state index is 12.2. The number of nitrogens with one attached hydrogen (secondary N) is 1. The maximum Gasteiger partial charge on any atom is 0.251 e. The molecule has 1 unspecified atom stereocenters. The van der Waals surface area contributed by atoms with Gasteiger partial charge < -0.3 is 14.8 Å². The topological polar surface area (TPSA) is 47.6 Å². The number of amides is 1. The molecule has 118 valence electrons. The van der Waals surface area contributed by atoms with Crippen molar-refractivity contribution < 1.29 is 14.3 Å². The molecule has 0 aliphatic carbocycles. The Labute approximate surface area is 135 Å². The Balaban J connectivity index is 2.94. The highest BCUT2D eigenvalue weighted by atomic mass is 79.9. The van der Waals surface area contributed by atoms with E-state index in [1.165, 1.54) is 0 Å². The van der Waals surface area contributed by atoms with E-state index in [-0.39, 0.29) is 11.9 Å². The van der Waals surface area contributed by atoms with Crippen LogP contribution < -0.4 is 14.8 Å². The molecule has 1 aromatic rings. The molecule has 0 saturated carbocycles. The van der Waals surface area contributed by atoms with Crippen LogP contribution in [0.5, 0.6) is 11.5 Å². The molecule has 1 atom stereocenters. The van der Waals surface area contributed by atoms with E-state index in [2.05, 4.69) is 28.2 Å². The Morgan fingerprint density at radius 1 is 1.33 bits per heavy atom. The predicted octanol–water partition coefficient (Wildman–Crippen LogP) is 4.16. The number of carbonyl (C=O) groups is 1. The van der Waals surface area contributed by atoms with Crippen LogP contribution in [0.2, 0.25) is 0 Å². The maximum absolute atomic E-state index is 12.2. The predicted molar refractivity (Wildman–Crippen MR) is 88.3 cm³/mol. The van der Waals surface area contributed by atoms with Gasteiger partial charge in [0.15, 0.2) is 11.5 Å². The molecule has 0 radical (unpaired) electrons. The van der Waals surface area contributed by atoms with E-state index in [0.29, 0.717) is 23.7 Å². The summed E-state index contributed by atoms with van der Waals surface area (Å²) in [7, 11) is 1.57. The summed E-state index contributed by atoms with van der Waals surface area (Å²) in [5.41, 5.74) is 0.561. The summed E-state index contributed by atoms with van der Waals surface area (Å²) >= 11 is 3.45. The molecule has 4 nitrogen and oxygen atoms in total. The van der Waals surface area contributed by atoms with Gasteiger partial charge in [-0.1, -0.05) is 20.3 Å². The number of benzene rings is 1. The van der Waals surface area contributed by atoms with Crippen molar-refractivity contribution in [3.05, 3.63) is 22.2 Å². The molecule has 0 aromatic heterocycles. The van der Waals surface area contributed by atoms with E-state index < -0.39 is 0 Å². The van der Waals surface area contributed by atoms with Crippen molar-refractivity contribution in [1.82, 2.24) is 5.32 Å². The summed E-state index contributed by atoms with van der Waals surface area (Å²) in [6.07, 6.45) is 2.91. The molecule has 0 bridgehead atoms. The van der Waals surface area contributed by atoms with E-state index in [0.717, 1.165) is 23.7 Å². The molecule has 1 N–H and O–H groups in total. The van der Waals surface area contributed by atoms with Crippen LogP contribution in [0, 0.1) is 0 Å². The summed E-state index contributed by atoms with van der Waals surface area (Å²) in [5, 5.41) is 2.98. The number of rotatable bonds is 8. The van der Waals surface area contributed by atoms with Gasteiger partial charge in [0.1, 0.15) is 0 Å². The van der Waals surface area contributed by atoms with E-state index in [4.69, 9.17) is 9.47 Å². The fourth-order valence-corrected chi connectivity index (χ4v) is 2.56. The van der Waals surface area contributed by atoms with Crippen LogP contribution in [0.25, 0.3) is 0 Å². The van der Waals surface area contributed by atoms with Gasteiger partial charge in [0.2, 0.25) is 0 Å². The van der Waals surface area contributed by atoms with Gasteiger partial charge in [-0.05, 0) is 47.8 Å². The van der Waals surface area contributed by atoms with Gasteiger partial charge in [-0.3, -0.25) is 4.79 Å². The Morgan fingerprint density at radius 3 is 2.62 bits per heavy atom. The third kappa shape index (κ3) is 5.23. The zero-order valence-electron chi connectivity index (χ0n) is 13.2. The lowest BCUT2D eigenvalue weighted by molar-refractivity contribution is 0.0938. The first-order valence-corrected chi connectivity index (χ1v) is 8.13. The van der Waals surface area contributed by atoms with Crippen LogP contribution >= 0.6 is 15.9 Å². The molecular weight excluding hydrogens is 334 g/mol. The summed E-state index contributed by atoms with van der Waals surface area (Å²) < 4.78 is 11.7. The molecule has 5 heteroatoms. The van der Waals surface area contributed by atoms with Crippen molar-refractivity contribution in [3.63, 3.8) is 0 Å². The monoisotopic (exact) mass is 357 g/mol. The highest BCUT2D eigenvalue weighted by Gasteiger charge is 2.16. The van der Waals surface area contributed by atoms with Gasteiger partial charge in [-0.25, -0.2) is 0 Å². The van der Waals surface area contributed by atoms with Crippen molar-refractivity contribution in [2.45, 2.75) is 46.1 Å². The average molecular weight is 358 g/mol. The first kappa shape index (κ1) is 17.8. The van der Waals surface area contributed by atoms with Crippen LogP contribution in [0.15, 0.2) is 16.6 Å². The van der Waals surface area contributed by atoms with Gasteiger partial charge >= 0.3 is 0 Å². The second-order valence-electron chi connectivity index (χ2n) is 5.00. The van der Waals surface area contributed by atoms with Crippen molar-refractivity contribution in [2.75, 3.05) is 13.7 Å². The SMILES string of the molecule is CCCOc1c(Br)cc(C(=O)NC(C)CCC)cc1OC. The zero-order valence-corrected chi connectivity index (χ0v) is 14.7. The zero-order chi connectivity index (χ0) is 15.8. The molecular formula is C16H24BrNO3. The van der Waals surface area contributed by atoms with Crippen LogP contribution in [0.3, 0.4) is 0 Å². The van der Waals surface area contributed by atoms with Crippen molar-refractivity contribution >= 4 is 21.8 Å². The van der Waals surface area contributed by atoms with Crippen molar-refractivity contribution in [1.29, 1.82) is 0 Å². The molecule has 1 rings (SSSR count). The number of hydrogen-bond acceptors (Lipinski definition) is 3. The molecule has 0 aliphatic rings. The highest BCUT2D eigenvalue weighted by Crippen LogP contribution is 2.36. The largest absolute Gasteiger partial charge is 0.493 e. The molecule has 0 saturated heterocycles. The normalized spacial score (nSPS) is 11.9. The van der Waals surface area contributed by atoms with Crippen molar-refractivity contribution in [2.24, 2.45) is 0 Å². The molecule has 0 fully saturated rings. The van der Waals surface area contributed by atoms with Gasteiger partial charge in [-0.15, -0.1) is 0 Å². The highest BCUT2D eigenvalue weighted by molar-refractivity contribution is 9.10. The van der Waals surface area contributed by atoms with Gasteiger partial charge in [0, 0.05) is 11.6 Å². The second kappa shape index (κ2) is 8.93. The number of halogens is 1. The van der Waals surface area contributed by atoms with E-state index in [1.807, 2.05) is 13.8 Å². The smallest absolute Gasteiger partial charge is 0.251 e. The molecule has 1 aromatic carbocycles. The molecule has 0 spiro atoms. The first-order chi connectivity index (χ1) is 10.0. The van der Waals surface area contributed by atoms with Crippen LogP contribution in [-0.4, -0.2) is 25.7 Å². The minimum absolute atomic E-state index is 0.100. The molecule has 0 aliphatic heterocycles. The number of ether oxygens (including phenoxy) is 2. The lowest BCUT2D eigenvalue weighted by Gasteiger charge is -2.16. The van der Waals surface area contributed by atoms with Gasteiger partial charge in [0.25, 0.3) is 5.91 Å². The fraction of sp³-hybridized carbons (Fsp3) is 0.562. The number of methoxy groups -OCH3 is 1. The fourth-order valence-electron chi connectivity index (χ4n) is 2.01. The lowest BCUT2D eigenvalue weighted by Crippen LogP contribution is -2.32.